The molecule has 0 amide bonds. The molecule has 0 radical (unpaired) electrons. The molecule has 0 fully saturated rings. The molecule has 0 aliphatic rings. The van der Waals surface area contributed by atoms with Gasteiger partial charge in [-0.05, 0) is 29.7 Å². The molecule has 0 aliphatic heterocycles. The van der Waals surface area contributed by atoms with Gasteiger partial charge in [0, 0.05) is 5.39 Å². The summed E-state index contributed by atoms with van der Waals surface area (Å²) in [5.74, 6) is -1.54. The van der Waals surface area contributed by atoms with E-state index in [1.807, 2.05) is 0 Å². The van der Waals surface area contributed by atoms with Gasteiger partial charge in [-0.25, -0.2) is 16.8 Å². The second kappa shape index (κ2) is 7.34. The van der Waals surface area contributed by atoms with E-state index < -0.39 is 41.5 Å². The Morgan fingerprint density at radius 2 is 1.32 bits per heavy atom. The van der Waals surface area contributed by atoms with E-state index in [2.05, 4.69) is 0 Å². The van der Waals surface area contributed by atoms with Crippen LogP contribution >= 0.6 is 0 Å². The molecule has 0 saturated carbocycles. The number of aromatic hydroxyl groups is 2. The van der Waals surface area contributed by atoms with Crippen LogP contribution in [0.2, 0.25) is 0 Å². The molecule has 8 nitrogen and oxygen atoms in total. The first kappa shape index (κ1) is 22.1. The molecule has 0 spiro atoms. The van der Waals surface area contributed by atoms with Crippen molar-refractivity contribution in [3.63, 3.8) is 0 Å². The van der Waals surface area contributed by atoms with Gasteiger partial charge in [0.15, 0.2) is 0 Å². The minimum atomic E-state index is -5.00. The van der Waals surface area contributed by atoms with Gasteiger partial charge < -0.3 is 19.3 Å². The molecule has 0 aliphatic carbocycles. The molecule has 2 rings (SSSR count). The Kier molecular flexibility index (Phi) is 7.38. The van der Waals surface area contributed by atoms with Crippen molar-refractivity contribution in [2.45, 2.75) is 9.79 Å². The summed E-state index contributed by atoms with van der Waals surface area (Å²) in [7, 11) is -9.87. The maximum Gasteiger partial charge on any atom is 1.00 e. The summed E-state index contributed by atoms with van der Waals surface area (Å²) in [5.41, 5.74) is 0. The number of hydrogen-bond acceptors (Lipinski definition) is 8. The fourth-order valence-corrected chi connectivity index (χ4v) is 2.79. The van der Waals surface area contributed by atoms with Gasteiger partial charge >= 0.3 is 59.1 Å². The van der Waals surface area contributed by atoms with Crippen LogP contribution in [0.15, 0.2) is 34.1 Å². The third kappa shape index (κ3) is 4.57. The fourth-order valence-electron chi connectivity index (χ4n) is 1.68. The van der Waals surface area contributed by atoms with Gasteiger partial charge in [-0.1, -0.05) is 0 Å². The van der Waals surface area contributed by atoms with Crippen molar-refractivity contribution < 1.29 is 95.3 Å². The van der Waals surface area contributed by atoms with Crippen LogP contribution in [0.5, 0.6) is 11.5 Å². The standard InChI is InChI=1S/C10H8O8S2.2Na/c11-8-3-6(19(13,14)15)1-5-2-10(20(16,17)18)9(12)4-7(5)8;;/h1-4,11-12H,(H,13,14,15)(H,16,17,18);;/q;2*+1/p-2. The molecule has 108 valence electrons. The minimum absolute atomic E-state index is 0. The van der Waals surface area contributed by atoms with Gasteiger partial charge in [0.25, 0.3) is 0 Å². The minimum Gasteiger partial charge on any atom is -0.744 e. The van der Waals surface area contributed by atoms with Crippen LogP contribution in [0, 0.1) is 0 Å². The molecule has 2 aromatic rings. The molecule has 2 N–H and O–H groups in total. The molecular formula is C10H6Na2O8S2. The van der Waals surface area contributed by atoms with Crippen molar-refractivity contribution in [3.05, 3.63) is 24.3 Å². The van der Waals surface area contributed by atoms with Crippen molar-refractivity contribution in [1.29, 1.82) is 0 Å². The molecule has 2 aromatic carbocycles. The summed E-state index contributed by atoms with van der Waals surface area (Å²) in [6.45, 7) is 0. The fraction of sp³-hybridized carbons (Fsp3) is 0. The largest absolute Gasteiger partial charge is 1.00 e. The summed E-state index contributed by atoms with van der Waals surface area (Å²) in [5, 5.41) is 18.7. The Morgan fingerprint density at radius 1 is 0.773 bits per heavy atom. The van der Waals surface area contributed by atoms with Gasteiger partial charge in [0.2, 0.25) is 0 Å². The van der Waals surface area contributed by atoms with Crippen LogP contribution in [0.1, 0.15) is 0 Å². The number of hydrogen-bond donors (Lipinski definition) is 2. The van der Waals surface area contributed by atoms with Gasteiger partial charge in [0.1, 0.15) is 31.7 Å². The molecule has 0 bridgehead atoms. The zero-order chi connectivity index (χ0) is 15.3. The molecular weight excluding hydrogens is 358 g/mol. The molecule has 0 aromatic heterocycles. The first-order chi connectivity index (χ1) is 9.00. The molecule has 0 atom stereocenters. The van der Waals surface area contributed by atoms with E-state index in [4.69, 9.17) is 0 Å². The van der Waals surface area contributed by atoms with Crippen LogP contribution in [-0.2, 0) is 20.2 Å². The molecule has 22 heavy (non-hydrogen) atoms. The maximum absolute atomic E-state index is 10.9. The van der Waals surface area contributed by atoms with Gasteiger partial charge in [-0.2, -0.15) is 0 Å². The van der Waals surface area contributed by atoms with E-state index in [0.717, 1.165) is 12.1 Å². The van der Waals surface area contributed by atoms with Crippen LogP contribution in [0.4, 0.5) is 0 Å². The van der Waals surface area contributed by atoms with Crippen LogP contribution in [0.25, 0.3) is 10.8 Å². The summed E-state index contributed by atoms with van der Waals surface area (Å²) in [6.07, 6.45) is 0. The van der Waals surface area contributed by atoms with Gasteiger partial charge in [-0.3, -0.25) is 0 Å². The Morgan fingerprint density at radius 3 is 1.77 bits per heavy atom. The van der Waals surface area contributed by atoms with Gasteiger partial charge in [-0.15, -0.1) is 0 Å². The van der Waals surface area contributed by atoms with Crippen molar-refractivity contribution in [2.75, 3.05) is 0 Å². The van der Waals surface area contributed by atoms with E-state index in [1.165, 1.54) is 0 Å². The average molecular weight is 364 g/mol. The molecule has 0 heterocycles. The maximum atomic E-state index is 10.9. The van der Waals surface area contributed by atoms with Crippen molar-refractivity contribution in [1.82, 2.24) is 0 Å². The number of phenols is 2. The van der Waals surface area contributed by atoms with Gasteiger partial charge in [0.05, 0.1) is 9.79 Å². The SMILES string of the molecule is O=S(=O)([O-])c1cc(O)c2cc(O)c(S(=O)(=O)[O-])cc2c1.[Na+].[Na+]. The Bertz CT molecular complexity index is 922. The number of fused-ring (bicyclic) bond motifs is 1. The zero-order valence-corrected chi connectivity index (χ0v) is 17.1. The van der Waals surface area contributed by atoms with Crippen molar-refractivity contribution in [2.24, 2.45) is 0 Å². The Hall–Kier alpha value is 0.120. The smallest absolute Gasteiger partial charge is 0.744 e. The number of benzene rings is 2. The topological polar surface area (TPSA) is 155 Å². The van der Waals surface area contributed by atoms with Crippen LogP contribution < -0.4 is 59.1 Å². The molecule has 0 unspecified atom stereocenters. The van der Waals surface area contributed by atoms with Crippen LogP contribution in [-0.4, -0.2) is 36.2 Å². The summed E-state index contributed by atoms with van der Waals surface area (Å²) in [6, 6.07) is 2.93. The van der Waals surface area contributed by atoms with E-state index in [-0.39, 0.29) is 69.9 Å². The summed E-state index contributed by atoms with van der Waals surface area (Å²) < 4.78 is 65.4. The quantitative estimate of drug-likeness (QED) is 0.394. The predicted molar refractivity (Wildman–Crippen MR) is 63.2 cm³/mol. The van der Waals surface area contributed by atoms with E-state index >= 15 is 0 Å². The summed E-state index contributed by atoms with van der Waals surface area (Å²) >= 11 is 0. The normalized spacial score (nSPS) is 11.5. The van der Waals surface area contributed by atoms with E-state index in [0.29, 0.717) is 12.1 Å². The average Bonchev–Trinajstić information content (AvgIpc) is 2.26. The first-order valence-corrected chi connectivity index (χ1v) is 7.73. The Labute approximate surface area is 170 Å². The number of rotatable bonds is 2. The summed E-state index contributed by atoms with van der Waals surface area (Å²) in [4.78, 5) is -1.77. The first-order valence-electron chi connectivity index (χ1n) is 4.91. The molecule has 0 saturated heterocycles. The van der Waals surface area contributed by atoms with Crippen molar-refractivity contribution in [3.8, 4) is 11.5 Å². The molecule has 12 heteroatoms. The third-order valence-corrected chi connectivity index (χ3v) is 4.22. The monoisotopic (exact) mass is 364 g/mol. The second-order valence-electron chi connectivity index (χ2n) is 3.89. The van der Waals surface area contributed by atoms with E-state index in [9.17, 15) is 36.2 Å². The number of phenolic OH excluding ortho intramolecular Hbond substituents is 2. The second-order valence-corrected chi connectivity index (χ2v) is 6.62. The predicted octanol–water partition coefficient (Wildman–Crippen LogP) is -5.93. The Balaban J connectivity index is 0.00000220. The van der Waals surface area contributed by atoms with Crippen LogP contribution in [0.3, 0.4) is 0 Å². The zero-order valence-electron chi connectivity index (χ0n) is 11.5. The third-order valence-electron chi connectivity index (χ3n) is 2.54. The van der Waals surface area contributed by atoms with E-state index in [1.54, 1.807) is 0 Å². The van der Waals surface area contributed by atoms with Crippen molar-refractivity contribution >= 4 is 31.0 Å².